The molecule has 0 aromatic carbocycles. The zero-order valence-electron chi connectivity index (χ0n) is 7.56. The molecule has 2 heterocycles. The number of nitrogen functional groups attached to an aromatic ring is 1. The van der Waals surface area contributed by atoms with Crippen LogP contribution in [0.3, 0.4) is 0 Å². The number of thiazole rings is 1. The number of H-pyrrole nitrogens is 1. The second-order valence-corrected chi connectivity index (χ2v) is 3.87. The highest BCUT2D eigenvalue weighted by Crippen LogP contribution is 2.23. The van der Waals surface area contributed by atoms with E-state index in [0.717, 1.165) is 11.0 Å². The van der Waals surface area contributed by atoms with Gasteiger partial charge in [-0.3, -0.25) is 5.10 Å². The zero-order valence-corrected chi connectivity index (χ0v) is 8.38. The number of hydrogen-bond acceptors (Lipinski definition) is 6. The predicted molar refractivity (Wildman–Crippen MR) is 54.9 cm³/mol. The molecule has 0 aliphatic heterocycles. The minimum Gasteiger partial charge on any atom is -0.389 e. The molecule has 2 rings (SSSR count). The smallest absolute Gasteiger partial charge is 0.185 e. The Morgan fingerprint density at radius 1 is 1.57 bits per heavy atom. The van der Waals surface area contributed by atoms with Crippen LogP contribution in [0.4, 0.5) is 10.1 Å². The highest BCUT2D eigenvalue weighted by Gasteiger charge is 2.09. The molecule has 74 valence electrons. The van der Waals surface area contributed by atoms with Crippen molar-refractivity contribution in [1.29, 1.82) is 0 Å². The molecule has 0 fully saturated rings. The van der Waals surface area contributed by atoms with E-state index < -0.39 is 0 Å². The van der Waals surface area contributed by atoms with Gasteiger partial charge in [0.1, 0.15) is 17.2 Å². The van der Waals surface area contributed by atoms with E-state index in [2.05, 4.69) is 25.5 Å². The standard InChI is InChI=1S/C7H10N6S/c1-4(6-10-3-11-13-6)12-7-9-2-5(8)14-7/h2-4H,8H2,1H3,(H,9,12)(H,10,11,13). The van der Waals surface area contributed by atoms with Crippen molar-refractivity contribution in [2.24, 2.45) is 0 Å². The molecule has 7 heteroatoms. The molecule has 6 nitrogen and oxygen atoms in total. The lowest BCUT2D eigenvalue weighted by Crippen LogP contribution is -2.07. The molecular formula is C7H10N6S. The largest absolute Gasteiger partial charge is 0.389 e. The first-order chi connectivity index (χ1) is 6.75. The Morgan fingerprint density at radius 3 is 3.00 bits per heavy atom. The van der Waals surface area contributed by atoms with Gasteiger partial charge in [-0.25, -0.2) is 9.97 Å². The molecule has 0 aliphatic carbocycles. The van der Waals surface area contributed by atoms with Crippen molar-refractivity contribution in [1.82, 2.24) is 20.2 Å². The van der Waals surface area contributed by atoms with Crippen LogP contribution in [0.15, 0.2) is 12.5 Å². The molecule has 4 N–H and O–H groups in total. The van der Waals surface area contributed by atoms with Crippen molar-refractivity contribution in [2.45, 2.75) is 13.0 Å². The van der Waals surface area contributed by atoms with Gasteiger partial charge < -0.3 is 11.1 Å². The topological polar surface area (TPSA) is 92.5 Å². The van der Waals surface area contributed by atoms with E-state index >= 15 is 0 Å². The maximum Gasteiger partial charge on any atom is 0.185 e. The van der Waals surface area contributed by atoms with Gasteiger partial charge in [0.15, 0.2) is 5.13 Å². The first-order valence-electron chi connectivity index (χ1n) is 4.09. The molecule has 0 bridgehead atoms. The lowest BCUT2D eigenvalue weighted by atomic mass is 10.3. The van der Waals surface area contributed by atoms with E-state index in [1.807, 2.05) is 6.92 Å². The van der Waals surface area contributed by atoms with Crippen LogP contribution in [-0.4, -0.2) is 20.2 Å². The Kier molecular flexibility index (Phi) is 2.32. The molecule has 0 radical (unpaired) electrons. The molecule has 14 heavy (non-hydrogen) atoms. The van der Waals surface area contributed by atoms with Crippen LogP contribution in [0.25, 0.3) is 0 Å². The van der Waals surface area contributed by atoms with Crippen molar-refractivity contribution in [3.8, 4) is 0 Å². The first kappa shape index (κ1) is 8.95. The third kappa shape index (κ3) is 1.82. The molecular weight excluding hydrogens is 200 g/mol. The monoisotopic (exact) mass is 210 g/mol. The van der Waals surface area contributed by atoms with E-state index in [-0.39, 0.29) is 6.04 Å². The molecule has 1 unspecified atom stereocenters. The van der Waals surface area contributed by atoms with E-state index in [1.54, 1.807) is 6.20 Å². The highest BCUT2D eigenvalue weighted by atomic mass is 32.1. The van der Waals surface area contributed by atoms with Crippen LogP contribution in [0.5, 0.6) is 0 Å². The van der Waals surface area contributed by atoms with Crippen LogP contribution in [0, 0.1) is 0 Å². The summed E-state index contributed by atoms with van der Waals surface area (Å²) in [4.78, 5) is 8.12. The molecule has 0 spiro atoms. The molecule has 1 atom stereocenters. The highest BCUT2D eigenvalue weighted by molar-refractivity contribution is 7.19. The Hall–Kier alpha value is -1.63. The molecule has 2 aromatic rings. The number of aromatic nitrogens is 4. The van der Waals surface area contributed by atoms with Crippen molar-refractivity contribution in [3.63, 3.8) is 0 Å². The van der Waals surface area contributed by atoms with E-state index in [1.165, 1.54) is 17.7 Å². The lowest BCUT2D eigenvalue weighted by Gasteiger charge is -2.08. The fourth-order valence-corrected chi connectivity index (χ4v) is 1.70. The summed E-state index contributed by atoms with van der Waals surface area (Å²) < 4.78 is 0. The Bertz CT molecular complexity index is 394. The number of nitrogens with zero attached hydrogens (tertiary/aromatic N) is 3. The molecule has 0 saturated heterocycles. The molecule has 0 saturated carbocycles. The first-order valence-corrected chi connectivity index (χ1v) is 4.90. The van der Waals surface area contributed by atoms with Gasteiger partial charge >= 0.3 is 0 Å². The SMILES string of the molecule is CC(Nc1ncc(N)s1)c1ncn[nH]1. The van der Waals surface area contributed by atoms with Crippen LogP contribution in [-0.2, 0) is 0 Å². The molecule has 0 amide bonds. The number of nitrogens with one attached hydrogen (secondary N) is 2. The van der Waals surface area contributed by atoms with Gasteiger partial charge in [-0.15, -0.1) is 0 Å². The van der Waals surface area contributed by atoms with Gasteiger partial charge in [-0.1, -0.05) is 11.3 Å². The summed E-state index contributed by atoms with van der Waals surface area (Å²) in [6, 6.07) is 0.0445. The average molecular weight is 210 g/mol. The minimum absolute atomic E-state index is 0.0445. The van der Waals surface area contributed by atoms with Gasteiger partial charge in [-0.2, -0.15) is 5.10 Å². The summed E-state index contributed by atoms with van der Waals surface area (Å²) in [5, 5.41) is 11.2. The van der Waals surface area contributed by atoms with Gasteiger partial charge in [0, 0.05) is 0 Å². The summed E-state index contributed by atoms with van der Waals surface area (Å²) in [5.41, 5.74) is 5.55. The summed E-state index contributed by atoms with van der Waals surface area (Å²) >= 11 is 1.41. The normalized spacial score (nSPS) is 12.6. The quantitative estimate of drug-likeness (QED) is 0.703. The van der Waals surface area contributed by atoms with Crippen molar-refractivity contribution >= 4 is 21.5 Å². The van der Waals surface area contributed by atoms with Crippen LogP contribution in [0.1, 0.15) is 18.8 Å². The maximum atomic E-state index is 5.55. The third-order valence-corrected chi connectivity index (χ3v) is 2.47. The second-order valence-electron chi connectivity index (χ2n) is 2.80. The number of anilines is 2. The van der Waals surface area contributed by atoms with Gasteiger partial charge in [-0.05, 0) is 6.92 Å². The maximum absolute atomic E-state index is 5.55. The fraction of sp³-hybridized carbons (Fsp3) is 0.286. The number of aromatic amines is 1. The number of nitrogens with two attached hydrogens (primary N) is 1. The van der Waals surface area contributed by atoms with E-state index in [4.69, 9.17) is 5.73 Å². The summed E-state index contributed by atoms with van der Waals surface area (Å²) in [6.07, 6.45) is 3.10. The zero-order chi connectivity index (χ0) is 9.97. The van der Waals surface area contributed by atoms with Crippen molar-refractivity contribution < 1.29 is 0 Å². The Balaban J connectivity index is 2.05. The lowest BCUT2D eigenvalue weighted by molar-refractivity contribution is 0.794. The molecule has 2 aromatic heterocycles. The number of hydrogen-bond donors (Lipinski definition) is 3. The van der Waals surface area contributed by atoms with Crippen LogP contribution in [0.2, 0.25) is 0 Å². The fourth-order valence-electron chi connectivity index (χ4n) is 1.03. The number of rotatable bonds is 3. The minimum atomic E-state index is 0.0445. The van der Waals surface area contributed by atoms with E-state index in [0.29, 0.717) is 5.00 Å². The van der Waals surface area contributed by atoms with Crippen molar-refractivity contribution in [2.75, 3.05) is 11.1 Å². The third-order valence-electron chi connectivity index (χ3n) is 1.71. The Morgan fingerprint density at radius 2 is 2.43 bits per heavy atom. The van der Waals surface area contributed by atoms with Gasteiger partial charge in [0.2, 0.25) is 0 Å². The second kappa shape index (κ2) is 3.62. The average Bonchev–Trinajstić information content (AvgIpc) is 2.75. The van der Waals surface area contributed by atoms with Gasteiger partial charge in [0.05, 0.1) is 12.2 Å². The van der Waals surface area contributed by atoms with Crippen molar-refractivity contribution in [3.05, 3.63) is 18.3 Å². The molecule has 0 aliphatic rings. The van der Waals surface area contributed by atoms with Gasteiger partial charge in [0.25, 0.3) is 0 Å². The summed E-state index contributed by atoms with van der Waals surface area (Å²) in [7, 11) is 0. The summed E-state index contributed by atoms with van der Waals surface area (Å²) in [6.45, 7) is 1.97. The summed E-state index contributed by atoms with van der Waals surface area (Å²) in [5.74, 6) is 0.777. The van der Waals surface area contributed by atoms with Crippen LogP contribution < -0.4 is 11.1 Å². The predicted octanol–water partition coefficient (Wildman–Crippen LogP) is 1.02. The van der Waals surface area contributed by atoms with E-state index in [9.17, 15) is 0 Å². The van der Waals surface area contributed by atoms with Crippen LogP contribution >= 0.6 is 11.3 Å². The Labute approximate surface area is 84.6 Å².